The molecular formula is C31H32N6O4S2. The Kier molecular flexibility index (Phi) is 8.35. The summed E-state index contributed by atoms with van der Waals surface area (Å²) in [6.07, 6.45) is 5.28. The molecule has 3 heterocycles. The van der Waals surface area contributed by atoms with Crippen LogP contribution in [0.4, 0.5) is 0 Å². The maximum Gasteiger partial charge on any atom is 0.251 e. The molecule has 2 aromatic heterocycles. The molecule has 6 rings (SSSR count). The zero-order valence-corrected chi connectivity index (χ0v) is 26.0. The van der Waals surface area contributed by atoms with E-state index >= 15 is 0 Å². The fourth-order valence-electron chi connectivity index (χ4n) is 5.02. The molecule has 1 saturated heterocycles. The summed E-state index contributed by atoms with van der Waals surface area (Å²) >= 11 is 0. The minimum atomic E-state index is -1.23. The molecular weight excluding hydrogens is 585 g/mol. The molecule has 222 valence electrons. The summed E-state index contributed by atoms with van der Waals surface area (Å²) in [7, 11) is 2.98. The largest absolute Gasteiger partial charge is 0.493 e. The van der Waals surface area contributed by atoms with E-state index in [9.17, 15) is 8.42 Å². The smallest absolute Gasteiger partial charge is 0.251 e. The lowest BCUT2D eigenvalue weighted by Gasteiger charge is -2.31. The maximum absolute atomic E-state index is 13.3. The topological polar surface area (TPSA) is 103 Å². The van der Waals surface area contributed by atoms with Gasteiger partial charge in [0.15, 0.2) is 11.5 Å². The first-order valence-electron chi connectivity index (χ1n) is 13.7. The molecule has 2 atom stereocenters. The van der Waals surface area contributed by atoms with Crippen molar-refractivity contribution in [2.75, 3.05) is 53.7 Å². The Morgan fingerprint density at radius 3 is 2.05 bits per heavy atom. The molecule has 2 unspecified atom stereocenters. The number of benzene rings is 3. The van der Waals surface area contributed by atoms with Gasteiger partial charge in [-0.1, -0.05) is 24.3 Å². The molecule has 0 saturated carbocycles. The van der Waals surface area contributed by atoms with Gasteiger partial charge in [-0.3, -0.25) is 4.21 Å². The van der Waals surface area contributed by atoms with Crippen LogP contribution in [0, 0.1) is 0 Å². The van der Waals surface area contributed by atoms with Gasteiger partial charge in [0.05, 0.1) is 36.5 Å². The molecule has 1 aliphatic heterocycles. The summed E-state index contributed by atoms with van der Waals surface area (Å²) in [6, 6.07) is 18.9. The monoisotopic (exact) mass is 616 g/mol. The maximum atomic E-state index is 13.3. The SMILES string of the molecule is COc1cc2nc(-n3cc(-c4ccc(S(C)=O)cc4)cn3)nc(-c3ccc(S(=O)N4CCN(C)CC4)cc3)c2cc1OC. The van der Waals surface area contributed by atoms with Gasteiger partial charge in [-0.05, 0) is 42.9 Å². The number of methoxy groups -OCH3 is 2. The average Bonchev–Trinajstić information content (AvgIpc) is 3.54. The molecule has 0 aliphatic carbocycles. The third-order valence-corrected chi connectivity index (χ3v) is 9.97. The number of ether oxygens (including phenoxy) is 2. The molecule has 5 aromatic rings. The predicted molar refractivity (Wildman–Crippen MR) is 168 cm³/mol. The van der Waals surface area contributed by atoms with Crippen LogP contribution in [0.3, 0.4) is 0 Å². The van der Waals surface area contributed by atoms with Gasteiger partial charge in [0.2, 0.25) is 0 Å². The van der Waals surface area contributed by atoms with Crippen molar-refractivity contribution >= 4 is 32.7 Å². The number of rotatable bonds is 8. The van der Waals surface area contributed by atoms with Crippen molar-refractivity contribution in [3.8, 4) is 39.8 Å². The molecule has 0 N–H and O–H groups in total. The van der Waals surface area contributed by atoms with E-state index in [4.69, 9.17) is 19.4 Å². The van der Waals surface area contributed by atoms with Crippen molar-refractivity contribution in [3.63, 3.8) is 0 Å². The second-order valence-electron chi connectivity index (χ2n) is 10.3. The molecule has 1 fully saturated rings. The fraction of sp³-hybridized carbons (Fsp3) is 0.258. The normalized spacial score (nSPS) is 15.8. The Morgan fingerprint density at radius 2 is 1.40 bits per heavy atom. The zero-order chi connectivity index (χ0) is 30.1. The van der Waals surface area contributed by atoms with Gasteiger partial charge in [-0.25, -0.2) is 23.2 Å². The summed E-state index contributed by atoms with van der Waals surface area (Å²) in [5.41, 5.74) is 4.01. The average molecular weight is 617 g/mol. The van der Waals surface area contributed by atoms with Gasteiger partial charge in [0.25, 0.3) is 5.95 Å². The van der Waals surface area contributed by atoms with E-state index in [1.54, 1.807) is 31.4 Å². The highest BCUT2D eigenvalue weighted by atomic mass is 32.2. The van der Waals surface area contributed by atoms with Crippen LogP contribution >= 0.6 is 0 Å². The van der Waals surface area contributed by atoms with Crippen LogP contribution in [0.2, 0.25) is 0 Å². The van der Waals surface area contributed by atoms with Crippen LogP contribution in [0.5, 0.6) is 11.5 Å². The number of likely N-dealkylation sites (N-methyl/N-ethyl adjacent to an activating group) is 1. The number of hydrogen-bond donors (Lipinski definition) is 0. The summed E-state index contributed by atoms with van der Waals surface area (Å²) in [6.45, 7) is 3.32. The summed E-state index contributed by atoms with van der Waals surface area (Å²) in [5, 5.41) is 5.34. The lowest BCUT2D eigenvalue weighted by atomic mass is 10.1. The van der Waals surface area contributed by atoms with E-state index in [2.05, 4.69) is 17.0 Å². The number of nitrogens with zero attached hydrogens (tertiary/aromatic N) is 6. The molecule has 0 spiro atoms. The van der Waals surface area contributed by atoms with E-state index in [-0.39, 0.29) is 0 Å². The number of fused-ring (bicyclic) bond motifs is 1. The Balaban J connectivity index is 1.40. The Labute approximate surface area is 255 Å². The van der Waals surface area contributed by atoms with Gasteiger partial charge in [0, 0.05) is 76.9 Å². The van der Waals surface area contributed by atoms with Gasteiger partial charge in [-0.2, -0.15) is 5.10 Å². The molecule has 43 heavy (non-hydrogen) atoms. The van der Waals surface area contributed by atoms with Crippen molar-refractivity contribution in [3.05, 3.63) is 73.1 Å². The van der Waals surface area contributed by atoms with Crippen LogP contribution in [0.25, 0.3) is 39.2 Å². The Hall–Kier alpha value is -3.97. The van der Waals surface area contributed by atoms with Crippen LogP contribution < -0.4 is 9.47 Å². The minimum absolute atomic E-state index is 0.386. The lowest BCUT2D eigenvalue weighted by molar-refractivity contribution is 0.228. The van der Waals surface area contributed by atoms with Crippen molar-refractivity contribution < 1.29 is 17.9 Å². The fourth-order valence-corrected chi connectivity index (χ4v) is 6.70. The van der Waals surface area contributed by atoms with Gasteiger partial charge in [0.1, 0.15) is 11.0 Å². The third-order valence-electron chi connectivity index (χ3n) is 7.52. The number of piperazine rings is 1. The molecule has 0 bridgehead atoms. The predicted octanol–water partition coefficient (Wildman–Crippen LogP) is 4.17. The first kappa shape index (κ1) is 29.1. The summed E-state index contributed by atoms with van der Waals surface area (Å²) in [5.74, 6) is 1.51. The second kappa shape index (κ2) is 12.3. The van der Waals surface area contributed by atoms with E-state index in [1.807, 2.05) is 71.2 Å². The van der Waals surface area contributed by atoms with Gasteiger partial charge < -0.3 is 14.4 Å². The molecule has 12 heteroatoms. The van der Waals surface area contributed by atoms with Crippen LogP contribution in [-0.4, -0.2) is 91.1 Å². The second-order valence-corrected chi connectivity index (χ2v) is 13.1. The van der Waals surface area contributed by atoms with Gasteiger partial charge >= 0.3 is 0 Å². The third kappa shape index (κ3) is 5.96. The van der Waals surface area contributed by atoms with E-state index in [0.717, 1.165) is 58.0 Å². The van der Waals surface area contributed by atoms with E-state index in [0.29, 0.717) is 28.7 Å². The minimum Gasteiger partial charge on any atom is -0.493 e. The quantitative estimate of drug-likeness (QED) is 0.256. The number of aromatic nitrogens is 4. The van der Waals surface area contributed by atoms with Crippen molar-refractivity contribution in [2.24, 2.45) is 0 Å². The highest BCUT2D eigenvalue weighted by Crippen LogP contribution is 2.36. The van der Waals surface area contributed by atoms with Crippen molar-refractivity contribution in [1.82, 2.24) is 29.0 Å². The summed E-state index contributed by atoms with van der Waals surface area (Å²) in [4.78, 5) is 13.5. The van der Waals surface area contributed by atoms with E-state index in [1.165, 1.54) is 0 Å². The molecule has 0 amide bonds. The lowest BCUT2D eigenvalue weighted by Crippen LogP contribution is -2.45. The highest BCUT2D eigenvalue weighted by Gasteiger charge is 2.21. The van der Waals surface area contributed by atoms with Gasteiger partial charge in [-0.15, -0.1) is 0 Å². The molecule has 0 radical (unpaired) electrons. The zero-order valence-electron chi connectivity index (χ0n) is 24.4. The summed E-state index contributed by atoms with van der Waals surface area (Å²) < 4.78 is 39.9. The molecule has 1 aliphatic rings. The molecule has 10 nitrogen and oxygen atoms in total. The first-order valence-corrected chi connectivity index (χ1v) is 16.4. The van der Waals surface area contributed by atoms with Crippen LogP contribution in [-0.2, 0) is 21.8 Å². The highest BCUT2D eigenvalue weighted by molar-refractivity contribution is 7.84. The van der Waals surface area contributed by atoms with Crippen LogP contribution in [0.15, 0.2) is 82.8 Å². The van der Waals surface area contributed by atoms with E-state index < -0.39 is 21.8 Å². The molecule has 3 aromatic carbocycles. The number of hydrogen-bond acceptors (Lipinski definition) is 8. The standard InChI is InChI=1S/C31H32N6O4S2/c1-35-13-15-36(16-14-35)43(39)25-11-7-22(8-12-25)30-26-17-28(40-2)29(41-3)18-27(26)33-31(34-30)37-20-23(19-32-37)21-5-9-24(10-6-21)42(4)38/h5-12,17-20H,13-16H2,1-4H3. The van der Waals surface area contributed by atoms with Crippen molar-refractivity contribution in [1.29, 1.82) is 0 Å². The van der Waals surface area contributed by atoms with Crippen molar-refractivity contribution in [2.45, 2.75) is 9.79 Å². The Bertz CT molecular complexity index is 1820. The first-order chi connectivity index (χ1) is 20.8. The van der Waals surface area contributed by atoms with Crippen LogP contribution in [0.1, 0.15) is 0 Å². The Morgan fingerprint density at radius 1 is 0.767 bits per heavy atom.